The van der Waals surface area contributed by atoms with Gasteiger partial charge in [-0.1, -0.05) is 5.16 Å². The zero-order valence-corrected chi connectivity index (χ0v) is 9.75. The van der Waals surface area contributed by atoms with Crippen LogP contribution < -0.4 is 5.73 Å². The second-order valence-electron chi connectivity index (χ2n) is 3.39. The number of amidine groups is 1. The molecule has 2 rings (SSSR count). The van der Waals surface area contributed by atoms with E-state index in [1.165, 1.54) is 23.1 Å². The Morgan fingerprint density at radius 3 is 2.83 bits per heavy atom. The lowest BCUT2D eigenvalue weighted by atomic mass is 10.3. The molecule has 0 amide bonds. The van der Waals surface area contributed by atoms with Gasteiger partial charge in [-0.15, -0.1) is 5.10 Å². The minimum Gasteiger partial charge on any atom is -0.394 e. The third-order valence-electron chi connectivity index (χ3n) is 2.10. The molecule has 94 valence electrons. The zero-order valence-electron chi connectivity index (χ0n) is 9.75. The molecule has 0 aliphatic carbocycles. The first kappa shape index (κ1) is 12.0. The van der Waals surface area contributed by atoms with Crippen LogP contribution in [0.15, 0.2) is 35.6 Å². The third-order valence-corrected chi connectivity index (χ3v) is 2.10. The summed E-state index contributed by atoms with van der Waals surface area (Å²) in [5.74, 6) is -0.172. The van der Waals surface area contributed by atoms with Crippen LogP contribution in [0.4, 0.5) is 4.39 Å². The van der Waals surface area contributed by atoms with E-state index in [0.29, 0.717) is 18.0 Å². The molecule has 0 saturated carbocycles. The smallest absolute Gasteiger partial charge is 0.192 e. The zero-order chi connectivity index (χ0) is 13.0. The van der Waals surface area contributed by atoms with Crippen LogP contribution in [0.1, 0.15) is 12.6 Å². The summed E-state index contributed by atoms with van der Waals surface area (Å²) in [4.78, 5) is 6.15. The van der Waals surface area contributed by atoms with Crippen LogP contribution in [-0.2, 0) is 4.84 Å². The Morgan fingerprint density at radius 1 is 1.44 bits per heavy atom. The van der Waals surface area contributed by atoms with E-state index in [2.05, 4.69) is 15.4 Å². The molecule has 1 heterocycles. The van der Waals surface area contributed by atoms with E-state index in [-0.39, 0.29) is 11.7 Å². The van der Waals surface area contributed by atoms with Crippen molar-refractivity contribution in [1.82, 2.24) is 15.0 Å². The molecule has 2 aromatic rings. The fourth-order valence-corrected chi connectivity index (χ4v) is 1.26. The summed E-state index contributed by atoms with van der Waals surface area (Å²) in [6, 6.07) is 5.79. The van der Waals surface area contributed by atoms with E-state index < -0.39 is 0 Å². The standard InChI is InChI=1S/C11H12FN5O/c1-2-18-16-11(13)10-7-14-17(15-10)9-5-3-8(12)4-6-9/h3-7H,2H2,1H3,(H2,13,16). The molecule has 6 nitrogen and oxygen atoms in total. The largest absolute Gasteiger partial charge is 0.394 e. The van der Waals surface area contributed by atoms with E-state index in [4.69, 9.17) is 10.6 Å². The van der Waals surface area contributed by atoms with Gasteiger partial charge in [0.1, 0.15) is 12.4 Å². The first-order valence-electron chi connectivity index (χ1n) is 5.35. The van der Waals surface area contributed by atoms with Gasteiger partial charge in [-0.2, -0.15) is 9.90 Å². The lowest BCUT2D eigenvalue weighted by molar-refractivity contribution is 0.158. The average Bonchev–Trinajstić information content (AvgIpc) is 2.86. The summed E-state index contributed by atoms with van der Waals surface area (Å²) in [5.41, 5.74) is 6.67. The van der Waals surface area contributed by atoms with Gasteiger partial charge in [0.25, 0.3) is 0 Å². The second kappa shape index (κ2) is 5.26. The van der Waals surface area contributed by atoms with Crippen LogP contribution >= 0.6 is 0 Å². The molecular weight excluding hydrogens is 237 g/mol. The Bertz CT molecular complexity index is 549. The molecule has 0 spiro atoms. The van der Waals surface area contributed by atoms with Crippen LogP contribution in [0.2, 0.25) is 0 Å². The summed E-state index contributed by atoms with van der Waals surface area (Å²) < 4.78 is 12.8. The van der Waals surface area contributed by atoms with Crippen LogP contribution in [-0.4, -0.2) is 27.4 Å². The van der Waals surface area contributed by atoms with E-state index >= 15 is 0 Å². The van der Waals surface area contributed by atoms with Crippen molar-refractivity contribution in [2.45, 2.75) is 6.92 Å². The Hall–Kier alpha value is -2.44. The number of nitrogens with zero attached hydrogens (tertiary/aromatic N) is 4. The second-order valence-corrected chi connectivity index (χ2v) is 3.39. The van der Waals surface area contributed by atoms with Crippen molar-refractivity contribution in [3.63, 3.8) is 0 Å². The molecule has 0 fully saturated rings. The molecule has 0 bridgehead atoms. The maximum absolute atomic E-state index is 12.8. The van der Waals surface area contributed by atoms with Gasteiger partial charge < -0.3 is 10.6 Å². The molecule has 0 atom stereocenters. The summed E-state index contributed by atoms with van der Waals surface area (Å²) >= 11 is 0. The summed E-state index contributed by atoms with van der Waals surface area (Å²) in [6.45, 7) is 2.22. The Balaban J connectivity index is 2.22. The number of rotatable bonds is 4. The monoisotopic (exact) mass is 249 g/mol. The molecule has 1 aromatic carbocycles. The molecular formula is C11H12FN5O. The van der Waals surface area contributed by atoms with E-state index in [1.54, 1.807) is 19.1 Å². The topological polar surface area (TPSA) is 78.3 Å². The predicted octanol–water partition coefficient (Wildman–Crippen LogP) is 1.06. The molecule has 2 N–H and O–H groups in total. The van der Waals surface area contributed by atoms with Gasteiger partial charge in [0.2, 0.25) is 0 Å². The highest BCUT2D eigenvalue weighted by atomic mass is 19.1. The van der Waals surface area contributed by atoms with Crippen molar-refractivity contribution >= 4 is 5.84 Å². The van der Waals surface area contributed by atoms with Gasteiger partial charge in [-0.25, -0.2) is 4.39 Å². The highest BCUT2D eigenvalue weighted by molar-refractivity contribution is 5.94. The van der Waals surface area contributed by atoms with E-state index in [1.807, 2.05) is 0 Å². The Labute approximate surface area is 103 Å². The molecule has 0 aliphatic heterocycles. The number of nitrogens with two attached hydrogens (primary N) is 1. The minimum atomic E-state index is -0.316. The lowest BCUT2D eigenvalue weighted by Gasteiger charge is -1.98. The summed E-state index contributed by atoms with van der Waals surface area (Å²) in [6.07, 6.45) is 1.46. The molecule has 1 aromatic heterocycles. The first-order valence-corrected chi connectivity index (χ1v) is 5.35. The molecule has 0 unspecified atom stereocenters. The third kappa shape index (κ3) is 2.62. The van der Waals surface area contributed by atoms with Gasteiger partial charge in [-0.05, 0) is 31.2 Å². The fourth-order valence-electron chi connectivity index (χ4n) is 1.26. The van der Waals surface area contributed by atoms with Gasteiger partial charge in [0.15, 0.2) is 11.5 Å². The van der Waals surface area contributed by atoms with Crippen molar-refractivity contribution in [3.8, 4) is 5.69 Å². The van der Waals surface area contributed by atoms with Crippen LogP contribution in [0.3, 0.4) is 0 Å². The molecule has 7 heteroatoms. The first-order chi connectivity index (χ1) is 8.70. The number of benzene rings is 1. The van der Waals surface area contributed by atoms with Crippen LogP contribution in [0.5, 0.6) is 0 Å². The number of hydrogen-bond donors (Lipinski definition) is 1. The number of hydrogen-bond acceptors (Lipinski definition) is 4. The van der Waals surface area contributed by atoms with Crippen molar-refractivity contribution in [2.24, 2.45) is 10.9 Å². The maximum Gasteiger partial charge on any atom is 0.192 e. The minimum absolute atomic E-state index is 0.144. The van der Waals surface area contributed by atoms with Crippen LogP contribution in [0, 0.1) is 5.82 Å². The number of oxime groups is 1. The summed E-state index contributed by atoms with van der Waals surface area (Å²) in [7, 11) is 0. The lowest BCUT2D eigenvalue weighted by Crippen LogP contribution is -2.15. The molecule has 0 saturated heterocycles. The maximum atomic E-state index is 12.8. The SMILES string of the molecule is CCO/N=C(\N)c1cnn(-c2ccc(F)cc2)n1. The van der Waals surface area contributed by atoms with E-state index in [9.17, 15) is 4.39 Å². The van der Waals surface area contributed by atoms with E-state index in [0.717, 1.165) is 0 Å². The quantitative estimate of drug-likeness (QED) is 0.499. The van der Waals surface area contributed by atoms with Crippen molar-refractivity contribution in [2.75, 3.05) is 6.61 Å². The summed E-state index contributed by atoms with van der Waals surface area (Å²) in [5, 5.41) is 11.8. The average molecular weight is 249 g/mol. The Morgan fingerprint density at radius 2 is 2.17 bits per heavy atom. The predicted molar refractivity (Wildman–Crippen MR) is 63.7 cm³/mol. The highest BCUT2D eigenvalue weighted by Gasteiger charge is 2.07. The van der Waals surface area contributed by atoms with Crippen molar-refractivity contribution < 1.29 is 9.23 Å². The van der Waals surface area contributed by atoms with Crippen LogP contribution in [0.25, 0.3) is 5.69 Å². The number of aromatic nitrogens is 3. The number of halogens is 1. The fraction of sp³-hybridized carbons (Fsp3) is 0.182. The van der Waals surface area contributed by atoms with Gasteiger partial charge >= 0.3 is 0 Å². The van der Waals surface area contributed by atoms with Gasteiger partial charge in [0.05, 0.1) is 11.9 Å². The van der Waals surface area contributed by atoms with Gasteiger partial charge in [0, 0.05) is 0 Å². The van der Waals surface area contributed by atoms with Gasteiger partial charge in [-0.3, -0.25) is 0 Å². The Kier molecular flexibility index (Phi) is 3.52. The highest BCUT2D eigenvalue weighted by Crippen LogP contribution is 2.06. The molecule has 18 heavy (non-hydrogen) atoms. The normalized spacial score (nSPS) is 11.6. The van der Waals surface area contributed by atoms with Crippen molar-refractivity contribution in [1.29, 1.82) is 0 Å². The van der Waals surface area contributed by atoms with Crippen molar-refractivity contribution in [3.05, 3.63) is 42.0 Å². The molecule has 0 aliphatic rings. The molecule has 0 radical (unpaired) electrons.